The van der Waals surface area contributed by atoms with Crippen molar-refractivity contribution in [1.29, 1.82) is 0 Å². The summed E-state index contributed by atoms with van der Waals surface area (Å²) in [5.41, 5.74) is 3.17. The van der Waals surface area contributed by atoms with Gasteiger partial charge in [-0.1, -0.05) is 53.0 Å². The zero-order valence-electron chi connectivity index (χ0n) is 13.1. The number of hydrogen-bond acceptors (Lipinski definition) is 4. The lowest BCUT2D eigenvalue weighted by atomic mass is 10.1. The minimum atomic E-state index is 0.474. The quantitative estimate of drug-likeness (QED) is 0.636. The predicted molar refractivity (Wildman–Crippen MR) is 100 cm³/mol. The first-order valence-corrected chi connectivity index (χ1v) is 8.20. The van der Waals surface area contributed by atoms with Gasteiger partial charge < -0.3 is 10.6 Å². The number of benzene rings is 2. The maximum atomic E-state index is 6.00. The van der Waals surface area contributed by atoms with Gasteiger partial charge in [-0.2, -0.15) is 4.98 Å². The van der Waals surface area contributed by atoms with Crippen molar-refractivity contribution in [3.8, 4) is 0 Å². The molecule has 0 aliphatic rings. The van der Waals surface area contributed by atoms with Crippen LogP contribution in [0.2, 0.25) is 10.0 Å². The van der Waals surface area contributed by atoms with Crippen LogP contribution in [0.4, 0.5) is 17.5 Å². The van der Waals surface area contributed by atoms with E-state index in [0.29, 0.717) is 22.5 Å². The van der Waals surface area contributed by atoms with Crippen molar-refractivity contribution in [2.24, 2.45) is 0 Å². The number of aromatic nitrogens is 2. The van der Waals surface area contributed by atoms with Crippen molar-refractivity contribution in [1.82, 2.24) is 9.97 Å². The summed E-state index contributed by atoms with van der Waals surface area (Å²) < 4.78 is 0. The van der Waals surface area contributed by atoms with Crippen molar-refractivity contribution in [2.45, 2.75) is 13.5 Å². The fourth-order valence-corrected chi connectivity index (χ4v) is 2.70. The van der Waals surface area contributed by atoms with Crippen LogP contribution in [0.5, 0.6) is 0 Å². The molecule has 3 aromatic rings. The second-order valence-electron chi connectivity index (χ2n) is 5.39. The monoisotopic (exact) mass is 358 g/mol. The molecule has 0 bridgehead atoms. The Hall–Kier alpha value is -2.30. The van der Waals surface area contributed by atoms with E-state index in [4.69, 9.17) is 23.2 Å². The van der Waals surface area contributed by atoms with Crippen LogP contribution in [0.3, 0.4) is 0 Å². The van der Waals surface area contributed by atoms with Crippen LogP contribution < -0.4 is 10.6 Å². The third-order valence-electron chi connectivity index (χ3n) is 3.37. The van der Waals surface area contributed by atoms with Gasteiger partial charge in [-0.15, -0.1) is 0 Å². The molecule has 2 aromatic carbocycles. The van der Waals surface area contributed by atoms with Gasteiger partial charge in [0.25, 0.3) is 0 Å². The Morgan fingerprint density at radius 3 is 2.38 bits per heavy atom. The molecule has 0 saturated heterocycles. The van der Waals surface area contributed by atoms with Gasteiger partial charge >= 0.3 is 0 Å². The van der Waals surface area contributed by atoms with Gasteiger partial charge in [0, 0.05) is 28.5 Å². The zero-order valence-corrected chi connectivity index (χ0v) is 14.6. The molecule has 0 amide bonds. The summed E-state index contributed by atoms with van der Waals surface area (Å²) in [6, 6.07) is 15.4. The highest BCUT2D eigenvalue weighted by Crippen LogP contribution is 2.24. The smallest absolute Gasteiger partial charge is 0.229 e. The lowest BCUT2D eigenvalue weighted by Crippen LogP contribution is -2.04. The average molecular weight is 359 g/mol. The highest BCUT2D eigenvalue weighted by molar-refractivity contribution is 6.35. The van der Waals surface area contributed by atoms with Gasteiger partial charge in [-0.3, -0.25) is 0 Å². The number of nitrogens with one attached hydrogen (secondary N) is 2. The molecule has 4 nitrogen and oxygen atoms in total. The second-order valence-corrected chi connectivity index (χ2v) is 6.26. The highest BCUT2D eigenvalue weighted by Gasteiger charge is 2.03. The molecule has 0 aliphatic heterocycles. The summed E-state index contributed by atoms with van der Waals surface area (Å²) in [5.74, 6) is 1.21. The van der Waals surface area contributed by atoms with Crippen LogP contribution in [0.25, 0.3) is 0 Å². The first kappa shape index (κ1) is 16.6. The van der Waals surface area contributed by atoms with E-state index in [-0.39, 0.29) is 0 Å². The largest absolute Gasteiger partial charge is 0.366 e. The van der Waals surface area contributed by atoms with Crippen LogP contribution in [-0.2, 0) is 6.54 Å². The van der Waals surface area contributed by atoms with Gasteiger partial charge in [-0.25, -0.2) is 4.98 Å². The van der Waals surface area contributed by atoms with E-state index in [1.165, 1.54) is 11.1 Å². The molecule has 0 radical (unpaired) electrons. The number of anilines is 3. The van der Waals surface area contributed by atoms with Crippen LogP contribution in [0.1, 0.15) is 11.1 Å². The van der Waals surface area contributed by atoms with E-state index >= 15 is 0 Å². The van der Waals surface area contributed by atoms with Crippen molar-refractivity contribution in [2.75, 3.05) is 10.6 Å². The Morgan fingerprint density at radius 1 is 0.958 bits per heavy atom. The standard InChI is InChI=1S/C18H16Cl2N4/c1-12-2-4-13(5-3-12)11-22-17-6-7-21-18(24-17)23-16-9-14(19)8-15(20)10-16/h2-10H,11H2,1H3,(H2,21,22,23,24). The number of halogens is 2. The molecule has 0 aliphatic carbocycles. The zero-order chi connectivity index (χ0) is 16.9. The van der Waals surface area contributed by atoms with Gasteiger partial charge in [0.1, 0.15) is 5.82 Å². The van der Waals surface area contributed by atoms with E-state index < -0.39 is 0 Å². The molecule has 0 unspecified atom stereocenters. The lowest BCUT2D eigenvalue weighted by Gasteiger charge is -2.09. The minimum absolute atomic E-state index is 0.474. The third kappa shape index (κ3) is 4.60. The topological polar surface area (TPSA) is 49.8 Å². The minimum Gasteiger partial charge on any atom is -0.366 e. The molecule has 0 atom stereocenters. The fraction of sp³-hybridized carbons (Fsp3) is 0.111. The summed E-state index contributed by atoms with van der Waals surface area (Å²) in [6.45, 7) is 2.77. The number of rotatable bonds is 5. The number of aryl methyl sites for hydroxylation is 1. The summed E-state index contributed by atoms with van der Waals surface area (Å²) >= 11 is 12.0. The molecule has 3 rings (SSSR count). The fourth-order valence-electron chi connectivity index (χ4n) is 2.17. The summed E-state index contributed by atoms with van der Waals surface area (Å²) in [7, 11) is 0. The predicted octanol–water partition coefficient (Wildman–Crippen LogP) is 5.45. The third-order valence-corrected chi connectivity index (χ3v) is 3.80. The van der Waals surface area contributed by atoms with Gasteiger partial charge in [0.15, 0.2) is 0 Å². The van der Waals surface area contributed by atoms with E-state index in [0.717, 1.165) is 11.5 Å². The highest BCUT2D eigenvalue weighted by atomic mass is 35.5. The summed E-state index contributed by atoms with van der Waals surface area (Å²) in [4.78, 5) is 8.65. The molecule has 6 heteroatoms. The normalized spacial score (nSPS) is 10.5. The van der Waals surface area contributed by atoms with Gasteiger partial charge in [0.2, 0.25) is 5.95 Å². The molecule has 0 saturated carbocycles. The Bertz CT molecular complexity index is 814. The van der Waals surface area contributed by atoms with Crippen LogP contribution in [0.15, 0.2) is 54.7 Å². The maximum Gasteiger partial charge on any atom is 0.229 e. The molecule has 0 spiro atoms. The summed E-state index contributed by atoms with van der Waals surface area (Å²) in [5, 5.41) is 7.50. The Labute approximate surface area is 150 Å². The molecule has 0 fully saturated rings. The Morgan fingerprint density at radius 2 is 1.67 bits per heavy atom. The summed E-state index contributed by atoms with van der Waals surface area (Å²) in [6.07, 6.45) is 1.69. The first-order chi connectivity index (χ1) is 11.6. The van der Waals surface area contributed by atoms with E-state index in [1.807, 2.05) is 6.07 Å². The van der Waals surface area contributed by atoms with E-state index in [2.05, 4.69) is 51.8 Å². The van der Waals surface area contributed by atoms with Gasteiger partial charge in [0.05, 0.1) is 0 Å². The van der Waals surface area contributed by atoms with Crippen molar-refractivity contribution in [3.05, 3.63) is 75.9 Å². The molecule has 122 valence electrons. The Balaban J connectivity index is 1.68. The van der Waals surface area contributed by atoms with E-state index in [9.17, 15) is 0 Å². The number of nitrogens with zero attached hydrogens (tertiary/aromatic N) is 2. The lowest BCUT2D eigenvalue weighted by molar-refractivity contribution is 1.08. The second kappa shape index (κ2) is 7.51. The van der Waals surface area contributed by atoms with Gasteiger partial charge in [-0.05, 0) is 36.8 Å². The Kier molecular flexibility index (Phi) is 5.18. The molecule has 24 heavy (non-hydrogen) atoms. The molecule has 2 N–H and O–H groups in total. The van der Waals surface area contributed by atoms with E-state index in [1.54, 1.807) is 24.4 Å². The van der Waals surface area contributed by atoms with Crippen molar-refractivity contribution in [3.63, 3.8) is 0 Å². The molecule has 1 heterocycles. The number of hydrogen-bond donors (Lipinski definition) is 2. The molecular weight excluding hydrogens is 343 g/mol. The molecule has 1 aromatic heterocycles. The molecular formula is C18H16Cl2N4. The average Bonchev–Trinajstić information content (AvgIpc) is 2.54. The van der Waals surface area contributed by atoms with Crippen LogP contribution >= 0.6 is 23.2 Å². The van der Waals surface area contributed by atoms with Crippen LogP contribution in [0, 0.1) is 6.92 Å². The SMILES string of the molecule is Cc1ccc(CNc2ccnc(Nc3cc(Cl)cc(Cl)c3)n2)cc1. The maximum absolute atomic E-state index is 6.00. The van der Waals surface area contributed by atoms with Crippen molar-refractivity contribution >= 4 is 40.7 Å². The first-order valence-electron chi connectivity index (χ1n) is 7.44. The van der Waals surface area contributed by atoms with Crippen LogP contribution in [-0.4, -0.2) is 9.97 Å². The van der Waals surface area contributed by atoms with Crippen molar-refractivity contribution < 1.29 is 0 Å².